The van der Waals surface area contributed by atoms with Crippen LogP contribution in [0.25, 0.3) is 0 Å². The fourth-order valence-corrected chi connectivity index (χ4v) is 1.99. The number of aryl methyl sites for hydroxylation is 1. The molecule has 5 heteroatoms. The molecule has 0 fully saturated rings. The highest BCUT2D eigenvalue weighted by Gasteiger charge is 2.04. The van der Waals surface area contributed by atoms with Crippen molar-refractivity contribution in [2.24, 2.45) is 5.10 Å². The standard InChI is InChI=1S/C15H13BrN2O2/c1-10-3-2-4-11(7-10)15(20)18-17-9-12-5-6-13(16)8-14(12)19/h2-9,19H,1H3,(H,18,20)/b17-9+. The lowest BCUT2D eigenvalue weighted by molar-refractivity contribution is 0.0955. The summed E-state index contributed by atoms with van der Waals surface area (Å²) in [5.41, 5.74) is 4.50. The molecule has 0 aromatic heterocycles. The fourth-order valence-electron chi connectivity index (χ4n) is 1.64. The predicted octanol–water partition coefficient (Wildman–Crippen LogP) is 3.23. The molecule has 0 radical (unpaired) electrons. The second-order valence-electron chi connectivity index (χ2n) is 4.27. The Morgan fingerprint density at radius 1 is 1.30 bits per heavy atom. The lowest BCUT2D eigenvalue weighted by Gasteiger charge is -2.01. The Hall–Kier alpha value is -2.14. The van der Waals surface area contributed by atoms with Crippen LogP contribution in [0.4, 0.5) is 0 Å². The zero-order valence-electron chi connectivity index (χ0n) is 10.8. The van der Waals surface area contributed by atoms with Crippen molar-refractivity contribution in [2.45, 2.75) is 6.92 Å². The maximum atomic E-state index is 11.8. The van der Waals surface area contributed by atoms with E-state index in [9.17, 15) is 9.90 Å². The van der Waals surface area contributed by atoms with E-state index >= 15 is 0 Å². The summed E-state index contributed by atoms with van der Waals surface area (Å²) < 4.78 is 0.774. The number of nitrogens with zero attached hydrogens (tertiary/aromatic N) is 1. The van der Waals surface area contributed by atoms with Gasteiger partial charge in [0.2, 0.25) is 0 Å². The topological polar surface area (TPSA) is 61.7 Å². The number of phenols is 1. The van der Waals surface area contributed by atoms with Crippen LogP contribution in [0.2, 0.25) is 0 Å². The second kappa shape index (κ2) is 6.34. The van der Waals surface area contributed by atoms with Crippen LogP contribution in [-0.2, 0) is 0 Å². The predicted molar refractivity (Wildman–Crippen MR) is 82.0 cm³/mol. The Bertz CT molecular complexity index is 669. The van der Waals surface area contributed by atoms with Gasteiger partial charge in [0, 0.05) is 15.6 Å². The molecule has 4 nitrogen and oxygen atoms in total. The average Bonchev–Trinajstić information content (AvgIpc) is 2.41. The Morgan fingerprint density at radius 3 is 2.80 bits per heavy atom. The van der Waals surface area contributed by atoms with Gasteiger partial charge in [0.1, 0.15) is 5.75 Å². The molecule has 0 spiro atoms. The summed E-state index contributed by atoms with van der Waals surface area (Å²) >= 11 is 3.25. The minimum absolute atomic E-state index is 0.0907. The first kappa shape index (κ1) is 14.3. The quantitative estimate of drug-likeness (QED) is 0.669. The molecule has 0 atom stereocenters. The van der Waals surface area contributed by atoms with Gasteiger partial charge in [-0.3, -0.25) is 4.79 Å². The van der Waals surface area contributed by atoms with Crippen LogP contribution in [0.5, 0.6) is 5.75 Å². The van der Waals surface area contributed by atoms with Gasteiger partial charge in [0.25, 0.3) is 5.91 Å². The number of phenolic OH excluding ortho intramolecular Hbond substituents is 1. The van der Waals surface area contributed by atoms with E-state index in [4.69, 9.17) is 0 Å². The summed E-state index contributed by atoms with van der Waals surface area (Å²) in [6, 6.07) is 12.3. The molecular formula is C15H13BrN2O2. The largest absolute Gasteiger partial charge is 0.507 e. The van der Waals surface area contributed by atoms with E-state index < -0.39 is 0 Å². The van der Waals surface area contributed by atoms with Crippen LogP contribution < -0.4 is 5.43 Å². The van der Waals surface area contributed by atoms with Gasteiger partial charge in [-0.05, 0) is 37.3 Å². The highest BCUT2D eigenvalue weighted by atomic mass is 79.9. The van der Waals surface area contributed by atoms with Gasteiger partial charge >= 0.3 is 0 Å². The van der Waals surface area contributed by atoms with Gasteiger partial charge < -0.3 is 5.11 Å². The Morgan fingerprint density at radius 2 is 2.10 bits per heavy atom. The van der Waals surface area contributed by atoms with Gasteiger partial charge in [-0.2, -0.15) is 5.10 Å². The Balaban J connectivity index is 2.04. The summed E-state index contributed by atoms with van der Waals surface area (Å²) in [6.45, 7) is 1.92. The van der Waals surface area contributed by atoms with Gasteiger partial charge in [-0.1, -0.05) is 33.6 Å². The number of carbonyl (C=O) groups is 1. The highest BCUT2D eigenvalue weighted by molar-refractivity contribution is 9.10. The van der Waals surface area contributed by atoms with E-state index in [1.54, 1.807) is 30.3 Å². The first-order chi connectivity index (χ1) is 9.56. The van der Waals surface area contributed by atoms with Crippen molar-refractivity contribution in [2.75, 3.05) is 0 Å². The van der Waals surface area contributed by atoms with E-state index in [1.807, 2.05) is 19.1 Å². The molecule has 1 amide bonds. The molecule has 0 saturated heterocycles. The van der Waals surface area contributed by atoms with Gasteiger partial charge in [-0.25, -0.2) is 5.43 Å². The van der Waals surface area contributed by atoms with Crippen molar-refractivity contribution in [1.82, 2.24) is 5.43 Å². The molecule has 0 heterocycles. The smallest absolute Gasteiger partial charge is 0.271 e. The van der Waals surface area contributed by atoms with Crippen LogP contribution in [0.1, 0.15) is 21.5 Å². The number of halogens is 1. The summed E-state index contributed by atoms with van der Waals surface area (Å²) in [5.74, 6) is -0.200. The van der Waals surface area contributed by atoms with Crippen LogP contribution in [-0.4, -0.2) is 17.2 Å². The van der Waals surface area contributed by atoms with Crippen molar-refractivity contribution < 1.29 is 9.90 Å². The lowest BCUT2D eigenvalue weighted by atomic mass is 10.1. The minimum atomic E-state index is -0.290. The molecule has 2 rings (SSSR count). The number of amides is 1. The monoisotopic (exact) mass is 332 g/mol. The van der Waals surface area contributed by atoms with Gasteiger partial charge in [0.05, 0.1) is 6.21 Å². The van der Waals surface area contributed by atoms with Crippen molar-refractivity contribution >= 4 is 28.1 Å². The number of rotatable bonds is 3. The lowest BCUT2D eigenvalue weighted by Crippen LogP contribution is -2.17. The fraction of sp³-hybridized carbons (Fsp3) is 0.0667. The zero-order chi connectivity index (χ0) is 14.5. The summed E-state index contributed by atoms with van der Waals surface area (Å²) in [5, 5.41) is 13.5. The molecule has 0 saturated carbocycles. The van der Waals surface area contributed by atoms with Crippen LogP contribution in [0, 0.1) is 6.92 Å². The van der Waals surface area contributed by atoms with Crippen molar-refractivity contribution in [3.8, 4) is 5.75 Å². The molecule has 2 aromatic carbocycles. The highest BCUT2D eigenvalue weighted by Crippen LogP contribution is 2.20. The maximum Gasteiger partial charge on any atom is 0.271 e. The second-order valence-corrected chi connectivity index (χ2v) is 5.19. The third-order valence-corrected chi connectivity index (χ3v) is 3.14. The first-order valence-electron chi connectivity index (χ1n) is 5.95. The van der Waals surface area contributed by atoms with E-state index in [0.29, 0.717) is 11.1 Å². The van der Waals surface area contributed by atoms with Crippen molar-refractivity contribution in [3.05, 3.63) is 63.6 Å². The summed E-state index contributed by atoms with van der Waals surface area (Å²) in [7, 11) is 0. The molecular weight excluding hydrogens is 320 g/mol. The molecule has 0 aliphatic rings. The first-order valence-corrected chi connectivity index (χ1v) is 6.74. The minimum Gasteiger partial charge on any atom is -0.507 e. The molecule has 0 aliphatic carbocycles. The van der Waals surface area contributed by atoms with Gasteiger partial charge in [-0.15, -0.1) is 0 Å². The number of benzene rings is 2. The van der Waals surface area contributed by atoms with Crippen LogP contribution >= 0.6 is 15.9 Å². The van der Waals surface area contributed by atoms with E-state index in [0.717, 1.165) is 10.0 Å². The normalized spacial score (nSPS) is 10.7. The number of nitrogens with one attached hydrogen (secondary N) is 1. The summed E-state index contributed by atoms with van der Waals surface area (Å²) in [6.07, 6.45) is 1.40. The van der Waals surface area contributed by atoms with E-state index in [1.165, 1.54) is 6.21 Å². The Labute approximate surface area is 125 Å². The van der Waals surface area contributed by atoms with E-state index in [-0.39, 0.29) is 11.7 Å². The molecule has 102 valence electrons. The number of hydrazone groups is 1. The Kier molecular flexibility index (Phi) is 4.53. The van der Waals surface area contributed by atoms with Crippen LogP contribution in [0.3, 0.4) is 0 Å². The van der Waals surface area contributed by atoms with E-state index in [2.05, 4.69) is 26.5 Å². The molecule has 2 aromatic rings. The molecule has 0 aliphatic heterocycles. The summed E-state index contributed by atoms with van der Waals surface area (Å²) in [4.78, 5) is 11.8. The third-order valence-electron chi connectivity index (χ3n) is 2.64. The molecule has 0 bridgehead atoms. The zero-order valence-corrected chi connectivity index (χ0v) is 12.4. The van der Waals surface area contributed by atoms with Crippen molar-refractivity contribution in [1.29, 1.82) is 0 Å². The number of carbonyl (C=O) groups excluding carboxylic acids is 1. The van der Waals surface area contributed by atoms with Gasteiger partial charge in [0.15, 0.2) is 0 Å². The van der Waals surface area contributed by atoms with Crippen molar-refractivity contribution in [3.63, 3.8) is 0 Å². The number of aromatic hydroxyl groups is 1. The molecule has 20 heavy (non-hydrogen) atoms. The van der Waals surface area contributed by atoms with Crippen LogP contribution in [0.15, 0.2) is 52.0 Å². The third kappa shape index (κ3) is 3.68. The molecule has 0 unspecified atom stereocenters. The maximum absolute atomic E-state index is 11.8. The SMILES string of the molecule is Cc1cccc(C(=O)N/N=C/c2ccc(Br)cc2O)c1. The average molecular weight is 333 g/mol. The number of hydrogen-bond acceptors (Lipinski definition) is 3. The molecule has 2 N–H and O–H groups in total. The number of hydrogen-bond donors (Lipinski definition) is 2.